The van der Waals surface area contributed by atoms with E-state index >= 15 is 0 Å². The summed E-state index contributed by atoms with van der Waals surface area (Å²) in [5.74, 6) is -0.652. The molecule has 0 saturated heterocycles. The molecule has 0 aliphatic carbocycles. The fourth-order valence-corrected chi connectivity index (χ4v) is 15.6. The minimum Gasteiger partial charge on any atom is -0.462 e. The first kappa shape index (κ1) is 105. The van der Waals surface area contributed by atoms with Crippen molar-refractivity contribution < 1.29 is 70.5 Å². The van der Waals surface area contributed by atoms with Gasteiger partial charge in [0.1, 0.15) is 12.2 Å². The van der Waals surface area contributed by atoms with Crippen molar-refractivity contribution in [1.82, 2.24) is 21.3 Å². The molecule has 19 nitrogen and oxygen atoms in total. The van der Waals surface area contributed by atoms with Crippen LogP contribution in [0, 0.1) is 0 Å². The minimum atomic E-state index is -4.66. The minimum absolute atomic E-state index is 0.159. The lowest BCUT2D eigenvalue weighted by Crippen LogP contribution is -2.39. The van der Waals surface area contributed by atoms with Crippen molar-refractivity contribution in [3.63, 3.8) is 0 Å². The molecular weight excluding hydrogens is 1400 g/mol. The Hall–Kier alpha value is -2.63. The monoisotopic (exact) mass is 1580 g/mol. The smallest absolute Gasteiger partial charge is 0.462 e. The van der Waals surface area contributed by atoms with Crippen LogP contribution < -0.4 is 21.3 Å². The third kappa shape index (κ3) is 76.0. The third-order valence-electron chi connectivity index (χ3n) is 20.9. The van der Waals surface area contributed by atoms with Crippen molar-refractivity contribution >= 4 is 45.4 Å². The SMILES string of the molecule is CCCCCCCCCCCCCC(=O)N[C@H](CCCC(CCCCCCCC)OC(=O)CCCCCCCCCCCC)COP(=O)(O)OCCNC(=O)NCCOP(=O)(O)OC[C@@H](CCCC(CCCCCCCC)OC(=O)CCCCCCCCCCCC)NC(=O)CCCCCCCCCCCCC. The number of phosphoric acid groups is 2. The number of carbonyl (C=O) groups excluding carboxylic acids is 5. The lowest BCUT2D eigenvalue weighted by Gasteiger charge is -2.23. The van der Waals surface area contributed by atoms with Gasteiger partial charge in [-0.15, -0.1) is 0 Å². The van der Waals surface area contributed by atoms with Crippen molar-refractivity contribution in [1.29, 1.82) is 0 Å². The van der Waals surface area contributed by atoms with Crippen molar-refractivity contribution in [3.8, 4) is 0 Å². The van der Waals surface area contributed by atoms with Crippen LogP contribution in [0.15, 0.2) is 0 Å². The van der Waals surface area contributed by atoms with E-state index in [1.807, 2.05) is 0 Å². The number of nitrogens with one attached hydrogen (secondary N) is 4. The van der Waals surface area contributed by atoms with Crippen molar-refractivity contribution in [2.45, 2.75) is 490 Å². The molecule has 0 aromatic heterocycles. The Morgan fingerprint density at radius 2 is 0.500 bits per heavy atom. The summed E-state index contributed by atoms with van der Waals surface area (Å²) < 4.78 is 60.3. The summed E-state index contributed by atoms with van der Waals surface area (Å²) in [4.78, 5) is 87.7. The van der Waals surface area contributed by atoms with Crippen molar-refractivity contribution in [2.24, 2.45) is 0 Å². The van der Waals surface area contributed by atoms with Gasteiger partial charge in [-0.3, -0.25) is 37.3 Å². The Morgan fingerprint density at radius 3 is 0.759 bits per heavy atom. The molecule has 6 atom stereocenters. The Morgan fingerprint density at radius 1 is 0.278 bits per heavy atom. The molecule has 4 amide bonds. The number of rotatable bonds is 86. The maximum atomic E-state index is 13.4. The maximum absolute atomic E-state index is 13.4. The van der Waals surface area contributed by atoms with Gasteiger partial charge in [-0.05, 0) is 89.9 Å². The van der Waals surface area contributed by atoms with Crippen LogP contribution >= 0.6 is 15.6 Å². The normalized spacial score (nSPS) is 13.9. The molecule has 6 N–H and O–H groups in total. The molecule has 0 fully saturated rings. The fourth-order valence-electron chi connectivity index (χ4n) is 14.1. The lowest BCUT2D eigenvalue weighted by molar-refractivity contribution is -0.151. The Kier molecular flexibility index (Phi) is 77.7. The van der Waals surface area contributed by atoms with Crippen LogP contribution in [0.2, 0.25) is 0 Å². The van der Waals surface area contributed by atoms with Gasteiger partial charge in [0.05, 0.1) is 38.5 Å². The highest BCUT2D eigenvalue weighted by atomic mass is 31.2. The molecule has 0 radical (unpaired) electrons. The molecule has 108 heavy (non-hydrogen) atoms. The first-order valence-electron chi connectivity index (χ1n) is 45.8. The van der Waals surface area contributed by atoms with Gasteiger partial charge in [0.15, 0.2) is 0 Å². The van der Waals surface area contributed by atoms with E-state index in [2.05, 4.69) is 62.8 Å². The summed E-state index contributed by atoms with van der Waals surface area (Å²) in [7, 11) is -9.33. The van der Waals surface area contributed by atoms with Crippen LogP contribution in [0.3, 0.4) is 0 Å². The van der Waals surface area contributed by atoms with Crippen LogP contribution in [0.4, 0.5) is 4.79 Å². The van der Waals surface area contributed by atoms with Gasteiger partial charge in [-0.25, -0.2) is 13.9 Å². The number of urea groups is 1. The number of carbonyl (C=O) groups is 5. The summed E-state index contributed by atoms with van der Waals surface area (Å²) in [6.45, 7) is 11.6. The first-order chi connectivity index (χ1) is 52.5. The van der Waals surface area contributed by atoms with Gasteiger partial charge >= 0.3 is 33.6 Å². The van der Waals surface area contributed by atoms with Crippen molar-refractivity contribution in [2.75, 3.05) is 39.5 Å². The van der Waals surface area contributed by atoms with E-state index in [4.69, 9.17) is 27.6 Å². The second kappa shape index (κ2) is 79.6. The molecule has 640 valence electrons. The Balaban J connectivity index is 5.68. The van der Waals surface area contributed by atoms with E-state index in [0.29, 0.717) is 64.2 Å². The second-order valence-corrected chi connectivity index (χ2v) is 34.4. The number of amides is 4. The zero-order chi connectivity index (χ0) is 79.2. The van der Waals surface area contributed by atoms with Crippen LogP contribution in [0.1, 0.15) is 465 Å². The van der Waals surface area contributed by atoms with E-state index < -0.39 is 33.8 Å². The maximum Gasteiger partial charge on any atom is 0.472 e. The molecule has 21 heteroatoms. The van der Waals surface area contributed by atoms with Gasteiger partial charge in [-0.1, -0.05) is 350 Å². The summed E-state index contributed by atoms with van der Waals surface area (Å²) >= 11 is 0. The molecule has 0 bridgehead atoms. The molecule has 0 saturated carbocycles. The van der Waals surface area contributed by atoms with Gasteiger partial charge in [0.25, 0.3) is 0 Å². The topological polar surface area (TPSA) is 263 Å². The number of ether oxygens (including phenoxy) is 2. The van der Waals surface area contributed by atoms with Gasteiger partial charge < -0.3 is 40.5 Å². The summed E-state index contributed by atoms with van der Waals surface area (Å²) in [5.41, 5.74) is 0. The summed E-state index contributed by atoms with van der Waals surface area (Å²) in [6.07, 6.45) is 68.4. The third-order valence-corrected chi connectivity index (χ3v) is 22.9. The highest BCUT2D eigenvalue weighted by molar-refractivity contribution is 7.47. The molecule has 0 heterocycles. The van der Waals surface area contributed by atoms with Crippen LogP contribution in [0.5, 0.6) is 0 Å². The van der Waals surface area contributed by atoms with Crippen LogP contribution in [-0.2, 0) is 55.9 Å². The average molecular weight is 1580 g/mol. The van der Waals surface area contributed by atoms with Crippen molar-refractivity contribution in [3.05, 3.63) is 0 Å². The zero-order valence-electron chi connectivity index (χ0n) is 70.8. The number of hydrogen-bond acceptors (Lipinski definition) is 13. The van der Waals surface area contributed by atoms with Gasteiger partial charge in [0.2, 0.25) is 11.8 Å². The number of phosphoric ester groups is 2. The predicted molar refractivity (Wildman–Crippen MR) is 447 cm³/mol. The molecule has 0 aromatic rings. The van der Waals surface area contributed by atoms with E-state index in [1.54, 1.807) is 0 Å². The zero-order valence-corrected chi connectivity index (χ0v) is 72.6. The highest BCUT2D eigenvalue weighted by Gasteiger charge is 2.27. The lowest BCUT2D eigenvalue weighted by atomic mass is 10.0. The molecule has 0 aromatic carbocycles. The molecule has 0 spiro atoms. The highest BCUT2D eigenvalue weighted by Crippen LogP contribution is 2.44. The average Bonchev–Trinajstić information content (AvgIpc) is 0.921. The molecule has 0 aliphatic heterocycles. The molecule has 4 unspecified atom stereocenters. The number of esters is 2. The Labute approximate surface area is 663 Å². The van der Waals surface area contributed by atoms with Gasteiger partial charge in [-0.2, -0.15) is 0 Å². The molecular formula is C87H172N4O15P2. The number of unbranched alkanes of at least 4 members (excludes halogenated alkanes) is 48. The van der Waals surface area contributed by atoms with E-state index in [1.165, 1.54) is 218 Å². The second-order valence-electron chi connectivity index (χ2n) is 31.5. The quantitative estimate of drug-likeness (QED) is 0.0188. The molecule has 0 aliphatic rings. The summed E-state index contributed by atoms with van der Waals surface area (Å²) in [5, 5.41) is 11.2. The molecule has 0 rings (SSSR count). The fraction of sp³-hybridized carbons (Fsp3) is 0.943. The summed E-state index contributed by atoms with van der Waals surface area (Å²) in [6, 6.07) is -1.91. The van der Waals surface area contributed by atoms with Crippen LogP contribution in [-0.4, -0.2) is 103 Å². The van der Waals surface area contributed by atoms with E-state index in [-0.39, 0.29) is 75.5 Å². The number of hydrogen-bond donors (Lipinski definition) is 6. The van der Waals surface area contributed by atoms with Crippen LogP contribution in [0.25, 0.3) is 0 Å². The Bertz CT molecular complexity index is 1990. The largest absolute Gasteiger partial charge is 0.472 e. The van der Waals surface area contributed by atoms with E-state index in [9.17, 15) is 42.9 Å². The first-order valence-corrected chi connectivity index (χ1v) is 48.7. The predicted octanol–water partition coefficient (Wildman–Crippen LogP) is 25.2. The van der Waals surface area contributed by atoms with Gasteiger partial charge in [0, 0.05) is 38.8 Å². The van der Waals surface area contributed by atoms with E-state index in [0.717, 1.165) is 141 Å². The standard InChI is InChI=1S/C87H172N4O15P2/c1-7-13-19-25-31-35-39-41-45-51-57-69-83(92)90-79(63-61-67-81(65-55-49-29-23-17-11-5)105-85(94)71-59-53-47-43-37-33-27-21-15-9-3)77-103-107(97,98)101-75-73-88-87(96)89-74-76-102-108(99,100)104-78-80(91-84(93)70-58-52-46-42-40-36-32-26-20-14-8-2)64-62-68-82(66-56-50-30-24-18-12-6)106-86(95)72-60-54-48-44-38-34-28-22-16-10-4/h79-82H,7-78H2,1-6H3,(H,90,92)(H,91,93)(H,97,98)(H,99,100)(H2,88,89,96)/t79-,80-,81?,82?/m1/s1.